The van der Waals surface area contributed by atoms with E-state index in [1.54, 1.807) is 9.80 Å². The summed E-state index contributed by atoms with van der Waals surface area (Å²) in [4.78, 5) is 32.3. The molecule has 4 rings (SSSR count). The molecule has 1 aromatic rings. The van der Waals surface area contributed by atoms with Crippen LogP contribution in [0.1, 0.15) is 68.8 Å². The van der Waals surface area contributed by atoms with Crippen LogP contribution < -0.4 is 4.90 Å². The van der Waals surface area contributed by atoms with Crippen molar-refractivity contribution in [1.29, 1.82) is 0 Å². The van der Waals surface area contributed by atoms with E-state index in [1.165, 1.54) is 24.8 Å². The van der Waals surface area contributed by atoms with Crippen molar-refractivity contribution in [1.82, 2.24) is 9.80 Å². The van der Waals surface area contributed by atoms with Crippen molar-refractivity contribution in [2.45, 2.75) is 63.9 Å². The van der Waals surface area contributed by atoms with E-state index in [4.69, 9.17) is 9.47 Å². The maximum absolute atomic E-state index is 13.2. The van der Waals surface area contributed by atoms with E-state index in [0.29, 0.717) is 18.7 Å². The average molecular weight is 458 g/mol. The standard InChI is InChI=1S/C26H39N3O4/c1-25(2,3)33-24(31)29-19-26(10-6-5-7-11-26)21-9-8-20(18-22(21)29)23(30)27(4)12-13-28-14-16-32-17-15-28/h8-9,18H,5-7,10-17,19H2,1-4H3. The molecule has 1 aromatic carbocycles. The Hall–Kier alpha value is -2.12. The van der Waals surface area contributed by atoms with Crippen LogP contribution in [0, 0.1) is 0 Å². The minimum atomic E-state index is -0.563. The zero-order chi connectivity index (χ0) is 23.6. The molecular formula is C26H39N3O4. The molecule has 7 heteroatoms. The summed E-state index contributed by atoms with van der Waals surface area (Å²) < 4.78 is 11.2. The average Bonchev–Trinajstić information content (AvgIpc) is 3.10. The van der Waals surface area contributed by atoms with Gasteiger partial charge in [0.2, 0.25) is 0 Å². The molecule has 1 saturated carbocycles. The molecular weight excluding hydrogens is 418 g/mol. The third kappa shape index (κ3) is 5.35. The molecule has 2 heterocycles. The van der Waals surface area contributed by atoms with Crippen LogP contribution >= 0.6 is 0 Å². The van der Waals surface area contributed by atoms with Crippen LogP contribution in [0.2, 0.25) is 0 Å². The Morgan fingerprint density at radius 3 is 2.48 bits per heavy atom. The van der Waals surface area contributed by atoms with Gasteiger partial charge < -0.3 is 14.4 Å². The fraction of sp³-hybridized carbons (Fsp3) is 0.692. The summed E-state index contributed by atoms with van der Waals surface area (Å²) in [5.41, 5.74) is 2.08. The second-order valence-electron chi connectivity index (χ2n) is 10.8. The van der Waals surface area contributed by atoms with Crippen molar-refractivity contribution in [3.8, 4) is 0 Å². The molecule has 1 saturated heterocycles. The summed E-state index contributed by atoms with van der Waals surface area (Å²) >= 11 is 0. The molecule has 2 aliphatic heterocycles. The molecule has 2 amide bonds. The zero-order valence-corrected chi connectivity index (χ0v) is 20.7. The highest BCUT2D eigenvalue weighted by atomic mass is 16.6. The highest BCUT2D eigenvalue weighted by Crippen LogP contribution is 2.49. The molecule has 3 aliphatic rings. The highest BCUT2D eigenvalue weighted by molar-refractivity contribution is 5.98. The van der Waals surface area contributed by atoms with E-state index in [2.05, 4.69) is 11.0 Å². The molecule has 0 atom stereocenters. The Bertz CT molecular complexity index is 867. The predicted molar refractivity (Wildman–Crippen MR) is 129 cm³/mol. The van der Waals surface area contributed by atoms with Crippen LogP contribution in [-0.2, 0) is 14.9 Å². The molecule has 1 spiro atoms. The molecule has 0 unspecified atom stereocenters. The smallest absolute Gasteiger partial charge is 0.414 e. The van der Waals surface area contributed by atoms with Gasteiger partial charge in [-0.05, 0) is 51.3 Å². The molecule has 0 N–H and O–H groups in total. The number of benzene rings is 1. The number of likely N-dealkylation sites (N-methyl/N-ethyl adjacent to an activating group) is 1. The lowest BCUT2D eigenvalue weighted by molar-refractivity contribution is 0.0338. The summed E-state index contributed by atoms with van der Waals surface area (Å²) in [6.07, 6.45) is 5.42. The Labute approximate surface area is 198 Å². The lowest BCUT2D eigenvalue weighted by Crippen LogP contribution is -2.42. The number of ether oxygens (including phenoxy) is 2. The highest BCUT2D eigenvalue weighted by Gasteiger charge is 2.46. The van der Waals surface area contributed by atoms with Gasteiger partial charge in [-0.15, -0.1) is 0 Å². The molecule has 0 aromatic heterocycles. The van der Waals surface area contributed by atoms with Gasteiger partial charge in [0.25, 0.3) is 5.91 Å². The van der Waals surface area contributed by atoms with Gasteiger partial charge in [-0.25, -0.2) is 4.79 Å². The first-order valence-electron chi connectivity index (χ1n) is 12.4. The number of amides is 2. The number of hydrogen-bond acceptors (Lipinski definition) is 5. The van der Waals surface area contributed by atoms with Crippen LogP contribution in [0.3, 0.4) is 0 Å². The fourth-order valence-electron chi connectivity index (χ4n) is 5.38. The lowest BCUT2D eigenvalue weighted by Gasteiger charge is -2.34. The SMILES string of the molecule is CN(CCN1CCOCC1)C(=O)c1ccc2c(c1)N(C(=O)OC(C)(C)C)CC21CCCCC1. The third-order valence-electron chi connectivity index (χ3n) is 7.19. The van der Waals surface area contributed by atoms with Gasteiger partial charge in [0.15, 0.2) is 0 Å². The first-order valence-corrected chi connectivity index (χ1v) is 12.4. The largest absolute Gasteiger partial charge is 0.443 e. The summed E-state index contributed by atoms with van der Waals surface area (Å²) in [5, 5.41) is 0. The summed E-state index contributed by atoms with van der Waals surface area (Å²) in [6, 6.07) is 5.95. The van der Waals surface area contributed by atoms with E-state index < -0.39 is 5.60 Å². The minimum Gasteiger partial charge on any atom is -0.443 e. The first kappa shape index (κ1) is 24.0. The first-order chi connectivity index (χ1) is 15.7. The monoisotopic (exact) mass is 457 g/mol. The molecule has 33 heavy (non-hydrogen) atoms. The van der Waals surface area contributed by atoms with Crippen LogP contribution in [0.15, 0.2) is 18.2 Å². The van der Waals surface area contributed by atoms with Crippen LogP contribution in [0.4, 0.5) is 10.5 Å². The minimum absolute atomic E-state index is 0.0141. The summed E-state index contributed by atoms with van der Waals surface area (Å²) in [7, 11) is 1.85. The van der Waals surface area contributed by atoms with E-state index in [-0.39, 0.29) is 17.4 Å². The topological polar surface area (TPSA) is 62.3 Å². The normalized spacial score (nSPS) is 20.5. The van der Waals surface area contributed by atoms with Crippen molar-refractivity contribution in [2.75, 3.05) is 57.9 Å². The molecule has 1 aliphatic carbocycles. The van der Waals surface area contributed by atoms with E-state index in [0.717, 1.165) is 51.4 Å². The van der Waals surface area contributed by atoms with Gasteiger partial charge in [-0.3, -0.25) is 14.6 Å². The van der Waals surface area contributed by atoms with Crippen LogP contribution in [-0.4, -0.2) is 80.4 Å². The lowest BCUT2D eigenvalue weighted by atomic mass is 9.70. The summed E-state index contributed by atoms with van der Waals surface area (Å²) in [5.74, 6) is -0.0141. The van der Waals surface area contributed by atoms with Gasteiger partial charge in [-0.2, -0.15) is 0 Å². The Balaban J connectivity index is 1.54. The van der Waals surface area contributed by atoms with Gasteiger partial charge in [0.05, 0.1) is 18.9 Å². The van der Waals surface area contributed by atoms with Crippen molar-refractivity contribution >= 4 is 17.7 Å². The van der Waals surface area contributed by atoms with Crippen molar-refractivity contribution in [3.05, 3.63) is 29.3 Å². The van der Waals surface area contributed by atoms with Crippen molar-refractivity contribution < 1.29 is 19.1 Å². The maximum atomic E-state index is 13.2. The van der Waals surface area contributed by atoms with Crippen molar-refractivity contribution in [2.24, 2.45) is 0 Å². The second kappa shape index (κ2) is 9.63. The molecule has 0 bridgehead atoms. The van der Waals surface area contributed by atoms with E-state index in [9.17, 15) is 9.59 Å². The number of rotatable bonds is 4. The van der Waals surface area contributed by atoms with E-state index >= 15 is 0 Å². The Kier molecular flexibility index (Phi) is 7.01. The van der Waals surface area contributed by atoms with Gasteiger partial charge in [0, 0.05) is 50.7 Å². The maximum Gasteiger partial charge on any atom is 0.414 e. The van der Waals surface area contributed by atoms with Gasteiger partial charge in [0.1, 0.15) is 5.60 Å². The van der Waals surface area contributed by atoms with Gasteiger partial charge in [-0.1, -0.05) is 25.3 Å². The summed E-state index contributed by atoms with van der Waals surface area (Å²) in [6.45, 7) is 11.1. The third-order valence-corrected chi connectivity index (χ3v) is 7.19. The number of anilines is 1. The van der Waals surface area contributed by atoms with Crippen LogP contribution in [0.5, 0.6) is 0 Å². The molecule has 7 nitrogen and oxygen atoms in total. The Morgan fingerprint density at radius 1 is 1.12 bits per heavy atom. The Morgan fingerprint density at radius 2 is 1.82 bits per heavy atom. The van der Waals surface area contributed by atoms with Crippen molar-refractivity contribution in [3.63, 3.8) is 0 Å². The molecule has 0 radical (unpaired) electrons. The van der Waals surface area contributed by atoms with E-state index in [1.807, 2.05) is 40.0 Å². The van der Waals surface area contributed by atoms with Gasteiger partial charge >= 0.3 is 6.09 Å². The number of morpholine rings is 1. The van der Waals surface area contributed by atoms with Crippen LogP contribution in [0.25, 0.3) is 0 Å². The number of nitrogens with zero attached hydrogens (tertiary/aromatic N) is 3. The number of hydrogen-bond donors (Lipinski definition) is 0. The number of fused-ring (bicyclic) bond motifs is 2. The quantitative estimate of drug-likeness (QED) is 0.683. The fourth-order valence-corrected chi connectivity index (χ4v) is 5.38. The number of carbonyl (C=O) groups excluding carboxylic acids is 2. The zero-order valence-electron chi connectivity index (χ0n) is 20.7. The predicted octanol–water partition coefficient (Wildman–Crippen LogP) is 4.05. The second-order valence-corrected chi connectivity index (χ2v) is 10.8. The molecule has 2 fully saturated rings. The number of carbonyl (C=O) groups is 2. The molecule has 182 valence electrons.